The Morgan fingerprint density at radius 3 is 2.57 bits per heavy atom. The van der Waals surface area contributed by atoms with Gasteiger partial charge in [0, 0.05) is 11.1 Å². The van der Waals surface area contributed by atoms with Crippen LogP contribution in [0.5, 0.6) is 0 Å². The summed E-state index contributed by atoms with van der Waals surface area (Å²) in [7, 11) is 0. The number of benzene rings is 2. The summed E-state index contributed by atoms with van der Waals surface area (Å²) >= 11 is 0. The molecule has 0 saturated heterocycles. The minimum absolute atomic E-state index is 0.174. The molecular weight excluding hydrogens is 292 g/mol. The molecular formula is C17H12N4O2. The molecule has 0 atom stereocenters. The van der Waals surface area contributed by atoms with Gasteiger partial charge in [-0.3, -0.25) is 9.89 Å². The summed E-state index contributed by atoms with van der Waals surface area (Å²) in [6, 6.07) is 14.0. The topological polar surface area (TPSA) is 101 Å². The van der Waals surface area contributed by atoms with Crippen molar-refractivity contribution in [1.29, 1.82) is 0 Å². The maximum atomic E-state index is 12.9. The number of nitrogens with two attached hydrogens (primary N) is 1. The molecule has 1 aromatic heterocycles. The molecule has 2 amide bonds. The van der Waals surface area contributed by atoms with E-state index in [2.05, 4.69) is 15.5 Å². The van der Waals surface area contributed by atoms with Crippen LogP contribution in [0.25, 0.3) is 22.5 Å². The third-order valence-electron chi connectivity index (χ3n) is 3.86. The molecule has 1 aliphatic rings. The van der Waals surface area contributed by atoms with Gasteiger partial charge in [0.05, 0.1) is 22.5 Å². The number of nitrogens with one attached hydrogen (secondary N) is 2. The number of urea groups is 1. The number of anilines is 1. The second-order valence-electron chi connectivity index (χ2n) is 5.23. The number of rotatable bonds is 2. The monoisotopic (exact) mass is 304 g/mol. The Morgan fingerprint density at radius 2 is 1.83 bits per heavy atom. The number of hydrogen-bond acceptors (Lipinski definition) is 3. The normalized spacial score (nSPS) is 11.9. The Kier molecular flexibility index (Phi) is 2.77. The summed E-state index contributed by atoms with van der Waals surface area (Å²) in [6.07, 6.45) is 0. The van der Waals surface area contributed by atoms with Gasteiger partial charge in [-0.15, -0.1) is 0 Å². The lowest BCUT2D eigenvalue weighted by molar-refractivity contribution is 0.104. The average Bonchev–Trinajstić information content (AvgIpc) is 3.09. The summed E-state index contributed by atoms with van der Waals surface area (Å²) in [6.45, 7) is 0. The van der Waals surface area contributed by atoms with E-state index in [1.165, 1.54) is 0 Å². The summed E-state index contributed by atoms with van der Waals surface area (Å²) < 4.78 is 0. The Morgan fingerprint density at radius 1 is 1.04 bits per heavy atom. The molecule has 2 aromatic carbocycles. The van der Waals surface area contributed by atoms with Gasteiger partial charge in [0.1, 0.15) is 5.69 Å². The quantitative estimate of drug-likeness (QED) is 0.530. The number of aromatic amines is 1. The zero-order valence-electron chi connectivity index (χ0n) is 12.0. The molecule has 0 unspecified atom stereocenters. The van der Waals surface area contributed by atoms with E-state index < -0.39 is 6.03 Å². The van der Waals surface area contributed by atoms with Crippen LogP contribution in [0.4, 0.5) is 10.5 Å². The number of carbonyl (C=O) groups excluding carboxylic acids is 2. The number of primary amides is 1. The fourth-order valence-electron chi connectivity index (χ4n) is 2.93. The number of H-pyrrole nitrogens is 1. The van der Waals surface area contributed by atoms with Gasteiger partial charge in [-0.05, 0) is 6.07 Å². The molecule has 6 nitrogen and oxygen atoms in total. The Bertz CT molecular complexity index is 944. The molecule has 0 saturated carbocycles. The molecule has 0 fully saturated rings. The fraction of sp³-hybridized carbons (Fsp3) is 0. The van der Waals surface area contributed by atoms with Crippen molar-refractivity contribution < 1.29 is 9.59 Å². The van der Waals surface area contributed by atoms with Crippen LogP contribution in [0.2, 0.25) is 0 Å². The first kappa shape index (κ1) is 13.3. The van der Waals surface area contributed by atoms with E-state index in [4.69, 9.17) is 5.73 Å². The Hall–Kier alpha value is -3.41. The van der Waals surface area contributed by atoms with Crippen molar-refractivity contribution in [3.63, 3.8) is 0 Å². The highest BCUT2D eigenvalue weighted by molar-refractivity contribution is 6.26. The van der Waals surface area contributed by atoms with Crippen molar-refractivity contribution in [2.45, 2.75) is 0 Å². The molecule has 4 N–H and O–H groups in total. The van der Waals surface area contributed by atoms with Crippen LogP contribution in [-0.2, 0) is 0 Å². The average molecular weight is 304 g/mol. The molecule has 0 bridgehead atoms. The number of fused-ring (bicyclic) bond motifs is 3. The Balaban J connectivity index is 1.90. The van der Waals surface area contributed by atoms with Gasteiger partial charge in [0.2, 0.25) is 0 Å². The molecule has 0 radical (unpaired) electrons. The van der Waals surface area contributed by atoms with Gasteiger partial charge in [0.25, 0.3) is 0 Å². The zero-order chi connectivity index (χ0) is 16.0. The van der Waals surface area contributed by atoms with E-state index in [9.17, 15) is 9.59 Å². The highest BCUT2D eigenvalue weighted by Gasteiger charge is 2.34. The molecule has 0 spiro atoms. The standard InChI is InChI=1S/C17H12N4O2/c18-17(23)19-11-8-4-7-10-12(11)16(22)13-14(20-21-15(10)13)9-5-2-1-3-6-9/h1-8H,(H,20,21)(H3,18,19,23). The number of nitrogens with zero attached hydrogens (tertiary/aromatic N) is 1. The van der Waals surface area contributed by atoms with Crippen LogP contribution in [0.3, 0.4) is 0 Å². The Labute approximate surface area is 131 Å². The second-order valence-corrected chi connectivity index (χ2v) is 5.23. The molecule has 23 heavy (non-hydrogen) atoms. The van der Waals surface area contributed by atoms with E-state index >= 15 is 0 Å². The first-order valence-corrected chi connectivity index (χ1v) is 7.05. The van der Waals surface area contributed by atoms with Crippen molar-refractivity contribution in [3.8, 4) is 22.5 Å². The first-order valence-electron chi connectivity index (χ1n) is 7.05. The third kappa shape index (κ3) is 1.92. The predicted octanol–water partition coefficient (Wildman–Crippen LogP) is 2.78. The SMILES string of the molecule is NC(=O)Nc1cccc2c1C(=O)c1c(-c3ccccc3)n[nH]c1-2. The van der Waals surface area contributed by atoms with Crippen LogP contribution in [-0.4, -0.2) is 22.0 Å². The smallest absolute Gasteiger partial charge is 0.316 e. The number of hydrogen-bond donors (Lipinski definition) is 3. The number of ketones is 1. The highest BCUT2D eigenvalue weighted by atomic mass is 16.2. The number of carbonyl (C=O) groups is 2. The molecule has 4 rings (SSSR count). The molecule has 0 aliphatic heterocycles. The zero-order valence-corrected chi connectivity index (χ0v) is 12.0. The molecule has 6 heteroatoms. The van der Waals surface area contributed by atoms with Crippen LogP contribution in [0.15, 0.2) is 48.5 Å². The van der Waals surface area contributed by atoms with Gasteiger partial charge < -0.3 is 11.1 Å². The summed E-state index contributed by atoms with van der Waals surface area (Å²) in [5.74, 6) is -0.174. The lowest BCUT2D eigenvalue weighted by Gasteiger charge is -2.07. The lowest BCUT2D eigenvalue weighted by Crippen LogP contribution is -2.20. The van der Waals surface area contributed by atoms with Crippen LogP contribution in [0, 0.1) is 0 Å². The second kappa shape index (κ2) is 4.81. The lowest BCUT2D eigenvalue weighted by atomic mass is 10.0. The van der Waals surface area contributed by atoms with Gasteiger partial charge in [-0.1, -0.05) is 42.5 Å². The van der Waals surface area contributed by atoms with E-state index in [-0.39, 0.29) is 5.78 Å². The fourth-order valence-corrected chi connectivity index (χ4v) is 2.93. The molecule has 112 valence electrons. The summed E-state index contributed by atoms with van der Waals surface area (Å²) in [4.78, 5) is 24.0. The predicted molar refractivity (Wildman–Crippen MR) is 86.1 cm³/mol. The van der Waals surface area contributed by atoms with Crippen molar-refractivity contribution in [2.24, 2.45) is 5.73 Å². The van der Waals surface area contributed by atoms with Crippen molar-refractivity contribution >= 4 is 17.5 Å². The first-order chi connectivity index (χ1) is 11.2. The van der Waals surface area contributed by atoms with Crippen molar-refractivity contribution in [2.75, 3.05) is 5.32 Å². The van der Waals surface area contributed by atoms with Crippen LogP contribution >= 0.6 is 0 Å². The van der Waals surface area contributed by atoms with Gasteiger partial charge >= 0.3 is 6.03 Å². The van der Waals surface area contributed by atoms with Gasteiger partial charge in [-0.2, -0.15) is 5.10 Å². The molecule has 1 aliphatic carbocycles. The highest BCUT2D eigenvalue weighted by Crippen LogP contribution is 2.42. The van der Waals surface area contributed by atoms with Gasteiger partial charge in [0.15, 0.2) is 5.78 Å². The van der Waals surface area contributed by atoms with E-state index in [0.717, 1.165) is 5.56 Å². The summed E-state index contributed by atoms with van der Waals surface area (Å²) in [5, 5.41) is 9.73. The van der Waals surface area contributed by atoms with Gasteiger partial charge in [-0.25, -0.2) is 4.79 Å². The summed E-state index contributed by atoms with van der Waals surface area (Å²) in [5.41, 5.74) is 9.38. The van der Waals surface area contributed by atoms with Crippen LogP contribution in [0.1, 0.15) is 15.9 Å². The van der Waals surface area contributed by atoms with Crippen molar-refractivity contribution in [3.05, 3.63) is 59.7 Å². The van der Waals surface area contributed by atoms with Crippen LogP contribution < -0.4 is 11.1 Å². The minimum Gasteiger partial charge on any atom is -0.351 e. The van der Waals surface area contributed by atoms with Crippen molar-refractivity contribution in [1.82, 2.24) is 10.2 Å². The maximum absolute atomic E-state index is 12.9. The minimum atomic E-state index is -0.705. The number of aromatic nitrogens is 2. The number of amides is 2. The molecule has 3 aromatic rings. The third-order valence-corrected chi connectivity index (χ3v) is 3.86. The molecule has 1 heterocycles. The maximum Gasteiger partial charge on any atom is 0.316 e. The van der Waals surface area contributed by atoms with E-state index in [0.29, 0.717) is 33.8 Å². The van der Waals surface area contributed by atoms with E-state index in [1.807, 2.05) is 36.4 Å². The largest absolute Gasteiger partial charge is 0.351 e. The van der Waals surface area contributed by atoms with E-state index in [1.54, 1.807) is 12.1 Å².